The number of hydrogen-bond donors (Lipinski definition) is 1. The van der Waals surface area contributed by atoms with Gasteiger partial charge in [-0.1, -0.05) is 25.1 Å². The first-order chi connectivity index (χ1) is 8.63. The Bertz CT molecular complexity index is 394. The van der Waals surface area contributed by atoms with Crippen molar-refractivity contribution in [2.24, 2.45) is 11.7 Å². The second-order valence-corrected chi connectivity index (χ2v) is 5.33. The van der Waals surface area contributed by atoms with Gasteiger partial charge in [0.05, 0.1) is 7.11 Å². The molecule has 0 amide bonds. The van der Waals surface area contributed by atoms with E-state index in [-0.39, 0.29) is 0 Å². The molecule has 1 aromatic carbocycles. The van der Waals surface area contributed by atoms with Crippen molar-refractivity contribution in [3.63, 3.8) is 0 Å². The van der Waals surface area contributed by atoms with Gasteiger partial charge in [0.25, 0.3) is 0 Å². The minimum absolute atomic E-state index is 0.342. The first kappa shape index (κ1) is 13.4. The van der Waals surface area contributed by atoms with Gasteiger partial charge in [-0.3, -0.25) is 4.90 Å². The van der Waals surface area contributed by atoms with Crippen LogP contribution in [0.5, 0.6) is 5.75 Å². The number of likely N-dealkylation sites (tertiary alicyclic amines) is 1. The molecule has 1 saturated heterocycles. The Hall–Kier alpha value is -1.06. The lowest BCUT2D eigenvalue weighted by Crippen LogP contribution is -2.51. The zero-order valence-corrected chi connectivity index (χ0v) is 11.6. The third kappa shape index (κ3) is 2.68. The van der Waals surface area contributed by atoms with Crippen molar-refractivity contribution >= 4 is 0 Å². The summed E-state index contributed by atoms with van der Waals surface area (Å²) in [7, 11) is 1.73. The van der Waals surface area contributed by atoms with Gasteiger partial charge >= 0.3 is 0 Å². The highest BCUT2D eigenvalue weighted by Gasteiger charge is 2.30. The first-order valence-electron chi connectivity index (χ1n) is 6.75. The average Bonchev–Trinajstić information content (AvgIpc) is 2.40. The molecule has 1 aliphatic rings. The molecule has 3 nitrogen and oxygen atoms in total. The fraction of sp³-hybridized carbons (Fsp3) is 0.600. The lowest BCUT2D eigenvalue weighted by Gasteiger charge is -2.41. The Kier molecular flexibility index (Phi) is 4.25. The highest BCUT2D eigenvalue weighted by atomic mass is 16.5. The number of methoxy groups -OCH3 is 1. The summed E-state index contributed by atoms with van der Waals surface area (Å²) in [5.74, 6) is 1.53. The Labute approximate surface area is 110 Å². The molecular weight excluding hydrogens is 224 g/mol. The normalized spacial score (nSPS) is 29.2. The van der Waals surface area contributed by atoms with Crippen LogP contribution >= 0.6 is 0 Å². The molecular formula is C15H24N2O. The SMILES string of the molecule is COc1ccccc1CN1CCC(N)C(C)C1C. The molecule has 3 atom stereocenters. The zero-order valence-electron chi connectivity index (χ0n) is 11.6. The van der Waals surface area contributed by atoms with Crippen LogP contribution < -0.4 is 10.5 Å². The summed E-state index contributed by atoms with van der Waals surface area (Å²) in [6.07, 6.45) is 1.08. The zero-order chi connectivity index (χ0) is 13.1. The molecule has 0 aromatic heterocycles. The van der Waals surface area contributed by atoms with E-state index in [9.17, 15) is 0 Å². The van der Waals surface area contributed by atoms with Gasteiger partial charge < -0.3 is 10.5 Å². The maximum absolute atomic E-state index is 6.13. The van der Waals surface area contributed by atoms with E-state index in [0.717, 1.165) is 25.3 Å². The van der Waals surface area contributed by atoms with E-state index in [0.29, 0.717) is 18.0 Å². The smallest absolute Gasteiger partial charge is 0.123 e. The number of piperidine rings is 1. The number of benzene rings is 1. The lowest BCUT2D eigenvalue weighted by atomic mass is 9.87. The summed E-state index contributed by atoms with van der Waals surface area (Å²) in [6.45, 7) is 6.55. The van der Waals surface area contributed by atoms with E-state index in [2.05, 4.69) is 30.9 Å². The molecule has 100 valence electrons. The van der Waals surface area contributed by atoms with Crippen molar-refractivity contribution < 1.29 is 4.74 Å². The van der Waals surface area contributed by atoms with E-state index in [4.69, 9.17) is 10.5 Å². The van der Waals surface area contributed by atoms with Crippen LogP contribution in [0.25, 0.3) is 0 Å². The molecule has 1 fully saturated rings. The van der Waals surface area contributed by atoms with Crippen LogP contribution in [0.2, 0.25) is 0 Å². The number of nitrogens with two attached hydrogens (primary N) is 1. The molecule has 18 heavy (non-hydrogen) atoms. The van der Waals surface area contributed by atoms with E-state index in [1.54, 1.807) is 7.11 Å². The van der Waals surface area contributed by atoms with Crippen LogP contribution in [-0.4, -0.2) is 30.6 Å². The van der Waals surface area contributed by atoms with Crippen molar-refractivity contribution in [3.8, 4) is 5.75 Å². The third-order valence-electron chi connectivity index (χ3n) is 4.33. The second-order valence-electron chi connectivity index (χ2n) is 5.33. The second kappa shape index (κ2) is 5.72. The Morgan fingerprint density at radius 2 is 2.06 bits per heavy atom. The van der Waals surface area contributed by atoms with Gasteiger partial charge in [0.1, 0.15) is 5.75 Å². The van der Waals surface area contributed by atoms with Crippen LogP contribution in [0.1, 0.15) is 25.8 Å². The largest absolute Gasteiger partial charge is 0.496 e. The van der Waals surface area contributed by atoms with Gasteiger partial charge in [-0.2, -0.15) is 0 Å². The minimum Gasteiger partial charge on any atom is -0.496 e. The summed E-state index contributed by atoms with van der Waals surface area (Å²) < 4.78 is 5.42. The summed E-state index contributed by atoms with van der Waals surface area (Å²) >= 11 is 0. The molecule has 2 N–H and O–H groups in total. The Morgan fingerprint density at radius 3 is 2.78 bits per heavy atom. The number of hydrogen-bond acceptors (Lipinski definition) is 3. The molecule has 0 aliphatic carbocycles. The number of nitrogens with zero attached hydrogens (tertiary/aromatic N) is 1. The quantitative estimate of drug-likeness (QED) is 0.891. The van der Waals surface area contributed by atoms with Crippen LogP contribution in [-0.2, 0) is 6.54 Å². The molecule has 0 spiro atoms. The topological polar surface area (TPSA) is 38.5 Å². The van der Waals surface area contributed by atoms with Crippen LogP contribution in [0.3, 0.4) is 0 Å². The molecule has 0 saturated carbocycles. The molecule has 2 rings (SSSR count). The highest BCUT2D eigenvalue weighted by molar-refractivity contribution is 5.33. The lowest BCUT2D eigenvalue weighted by molar-refractivity contribution is 0.0902. The van der Waals surface area contributed by atoms with Crippen molar-refractivity contribution in [2.45, 2.75) is 38.9 Å². The number of para-hydroxylation sites is 1. The Balaban J connectivity index is 2.09. The summed E-state index contributed by atoms with van der Waals surface area (Å²) in [6, 6.07) is 9.12. The van der Waals surface area contributed by atoms with Crippen LogP contribution in [0, 0.1) is 5.92 Å². The molecule has 3 heteroatoms. The van der Waals surface area contributed by atoms with E-state index in [1.165, 1.54) is 5.56 Å². The molecule has 3 unspecified atom stereocenters. The van der Waals surface area contributed by atoms with Gasteiger partial charge in [-0.15, -0.1) is 0 Å². The predicted octanol–water partition coefficient (Wildman–Crippen LogP) is 2.25. The standard InChI is InChI=1S/C15H24N2O/c1-11-12(2)17(9-8-14(11)16)10-13-6-4-5-7-15(13)18-3/h4-7,11-12,14H,8-10,16H2,1-3H3. The van der Waals surface area contributed by atoms with Crippen molar-refractivity contribution in [3.05, 3.63) is 29.8 Å². The van der Waals surface area contributed by atoms with Crippen LogP contribution in [0.4, 0.5) is 0 Å². The van der Waals surface area contributed by atoms with Gasteiger partial charge in [0, 0.05) is 30.7 Å². The average molecular weight is 248 g/mol. The molecule has 1 aliphatic heterocycles. The summed E-state index contributed by atoms with van der Waals surface area (Å²) in [5, 5.41) is 0. The predicted molar refractivity (Wildman–Crippen MR) is 74.6 cm³/mol. The van der Waals surface area contributed by atoms with Crippen molar-refractivity contribution in [1.82, 2.24) is 4.90 Å². The summed E-state index contributed by atoms with van der Waals surface area (Å²) in [5.41, 5.74) is 7.39. The molecule has 0 radical (unpaired) electrons. The van der Waals surface area contributed by atoms with Crippen molar-refractivity contribution in [2.75, 3.05) is 13.7 Å². The van der Waals surface area contributed by atoms with E-state index < -0.39 is 0 Å². The molecule has 1 aromatic rings. The third-order valence-corrected chi connectivity index (χ3v) is 4.33. The van der Waals surface area contributed by atoms with Gasteiger partial charge in [-0.05, 0) is 25.3 Å². The number of ether oxygens (including phenoxy) is 1. The monoisotopic (exact) mass is 248 g/mol. The fourth-order valence-electron chi connectivity index (χ4n) is 2.75. The van der Waals surface area contributed by atoms with E-state index in [1.807, 2.05) is 12.1 Å². The van der Waals surface area contributed by atoms with Crippen molar-refractivity contribution in [1.29, 1.82) is 0 Å². The maximum atomic E-state index is 6.13. The Morgan fingerprint density at radius 1 is 1.33 bits per heavy atom. The molecule has 0 bridgehead atoms. The fourth-order valence-corrected chi connectivity index (χ4v) is 2.75. The van der Waals surface area contributed by atoms with E-state index >= 15 is 0 Å². The van der Waals surface area contributed by atoms with Crippen LogP contribution in [0.15, 0.2) is 24.3 Å². The van der Waals surface area contributed by atoms with Gasteiger partial charge in [0.15, 0.2) is 0 Å². The first-order valence-corrected chi connectivity index (χ1v) is 6.75. The maximum Gasteiger partial charge on any atom is 0.123 e. The van der Waals surface area contributed by atoms with Gasteiger partial charge in [-0.25, -0.2) is 0 Å². The minimum atomic E-state index is 0.342. The summed E-state index contributed by atoms with van der Waals surface area (Å²) in [4.78, 5) is 2.51. The molecule has 1 heterocycles. The van der Waals surface area contributed by atoms with Gasteiger partial charge in [0.2, 0.25) is 0 Å². The highest BCUT2D eigenvalue weighted by Crippen LogP contribution is 2.26. The number of rotatable bonds is 3.